The first kappa shape index (κ1) is 14.6. The Labute approximate surface area is 138 Å². The molecule has 1 N–H and O–H groups in total. The third kappa shape index (κ3) is 2.78. The Morgan fingerprint density at radius 1 is 1.25 bits per heavy atom. The van der Waals surface area contributed by atoms with Crippen LogP contribution in [0.4, 0.5) is 0 Å². The fraction of sp³-hybridized carbons (Fsp3) is 0.312. The number of carbonyl (C=O) groups is 1. The van der Waals surface area contributed by atoms with Crippen molar-refractivity contribution in [1.82, 2.24) is 35.1 Å². The second-order valence-electron chi connectivity index (χ2n) is 5.87. The second kappa shape index (κ2) is 6.23. The van der Waals surface area contributed by atoms with Crippen LogP contribution in [0.2, 0.25) is 0 Å². The van der Waals surface area contributed by atoms with Crippen molar-refractivity contribution in [2.75, 3.05) is 13.1 Å². The van der Waals surface area contributed by atoms with Gasteiger partial charge in [-0.25, -0.2) is 9.67 Å². The van der Waals surface area contributed by atoms with Crippen LogP contribution in [0.5, 0.6) is 0 Å². The van der Waals surface area contributed by atoms with Gasteiger partial charge in [0.05, 0.1) is 5.69 Å². The molecular formula is C16H17N7O. The number of carbonyl (C=O) groups excluding carboxylic acids is 1. The van der Waals surface area contributed by atoms with Crippen LogP contribution >= 0.6 is 0 Å². The number of amides is 1. The van der Waals surface area contributed by atoms with Gasteiger partial charge in [0.25, 0.3) is 5.91 Å². The number of imidazole rings is 1. The molecule has 3 aromatic rings. The zero-order chi connectivity index (χ0) is 16.4. The summed E-state index contributed by atoms with van der Waals surface area (Å²) in [5.41, 5.74) is 1.50. The number of benzene rings is 1. The summed E-state index contributed by atoms with van der Waals surface area (Å²) >= 11 is 0. The van der Waals surface area contributed by atoms with Gasteiger partial charge >= 0.3 is 0 Å². The number of nitrogens with zero attached hydrogens (tertiary/aromatic N) is 6. The van der Waals surface area contributed by atoms with Crippen LogP contribution in [0.1, 0.15) is 34.9 Å². The number of likely N-dealkylation sites (tertiary alicyclic amines) is 1. The second-order valence-corrected chi connectivity index (χ2v) is 5.87. The van der Waals surface area contributed by atoms with Crippen molar-refractivity contribution in [3.8, 4) is 5.69 Å². The Hall–Kier alpha value is -3.03. The van der Waals surface area contributed by atoms with Gasteiger partial charge in [0.1, 0.15) is 12.2 Å². The summed E-state index contributed by atoms with van der Waals surface area (Å²) in [7, 11) is 0. The van der Waals surface area contributed by atoms with E-state index in [0.29, 0.717) is 12.1 Å². The van der Waals surface area contributed by atoms with Crippen LogP contribution in [0, 0.1) is 0 Å². The Morgan fingerprint density at radius 3 is 2.83 bits per heavy atom. The number of tetrazole rings is 1. The predicted octanol–water partition coefficient (Wildman–Crippen LogP) is 1.41. The number of nitrogens with one attached hydrogen (secondary N) is 1. The largest absolute Gasteiger partial charge is 0.348 e. The van der Waals surface area contributed by atoms with Crippen LogP contribution in [0.3, 0.4) is 0 Å². The molecule has 0 bridgehead atoms. The number of aromatic amines is 1. The van der Waals surface area contributed by atoms with E-state index in [1.807, 2.05) is 35.4 Å². The standard InChI is InChI=1S/C16H17N7O/c24-16(12-3-5-14(6-4-12)23-11-19-20-21-23)22-9-1-2-13(10-22)15-17-7-8-18-15/h3-8,11,13H,1-2,9-10H2,(H,17,18). The monoisotopic (exact) mass is 323 g/mol. The Morgan fingerprint density at radius 2 is 2.12 bits per heavy atom. The third-order valence-corrected chi connectivity index (χ3v) is 4.34. The van der Waals surface area contributed by atoms with Gasteiger partial charge in [-0.3, -0.25) is 4.79 Å². The highest BCUT2D eigenvalue weighted by Crippen LogP contribution is 2.25. The summed E-state index contributed by atoms with van der Waals surface area (Å²) in [5, 5.41) is 11.1. The molecule has 1 aromatic carbocycles. The van der Waals surface area contributed by atoms with Gasteiger partial charge in [0.15, 0.2) is 0 Å². The van der Waals surface area contributed by atoms with E-state index in [2.05, 4.69) is 25.5 Å². The van der Waals surface area contributed by atoms with E-state index in [1.54, 1.807) is 10.9 Å². The number of hydrogen-bond acceptors (Lipinski definition) is 5. The van der Waals surface area contributed by atoms with Crippen LogP contribution in [0.15, 0.2) is 43.0 Å². The zero-order valence-electron chi connectivity index (χ0n) is 13.0. The molecule has 1 unspecified atom stereocenters. The van der Waals surface area contributed by atoms with E-state index in [1.165, 1.54) is 6.33 Å². The molecular weight excluding hydrogens is 306 g/mol. The van der Waals surface area contributed by atoms with Crippen molar-refractivity contribution < 1.29 is 4.79 Å². The predicted molar refractivity (Wildman–Crippen MR) is 85.6 cm³/mol. The lowest BCUT2D eigenvalue weighted by Crippen LogP contribution is -2.39. The molecule has 8 heteroatoms. The summed E-state index contributed by atoms with van der Waals surface area (Å²) in [6, 6.07) is 7.32. The van der Waals surface area contributed by atoms with E-state index in [4.69, 9.17) is 0 Å². The van der Waals surface area contributed by atoms with Crippen molar-refractivity contribution in [2.45, 2.75) is 18.8 Å². The maximum absolute atomic E-state index is 12.8. The molecule has 24 heavy (non-hydrogen) atoms. The van der Waals surface area contributed by atoms with Gasteiger partial charge in [0.2, 0.25) is 0 Å². The molecule has 3 heterocycles. The Bertz CT molecular complexity index is 796. The van der Waals surface area contributed by atoms with Gasteiger partial charge in [-0.2, -0.15) is 0 Å². The molecule has 1 aliphatic rings. The minimum Gasteiger partial charge on any atom is -0.348 e. The molecule has 0 saturated carbocycles. The molecule has 1 fully saturated rings. The first-order valence-corrected chi connectivity index (χ1v) is 7.93. The van der Waals surface area contributed by atoms with Crippen molar-refractivity contribution in [2.24, 2.45) is 0 Å². The van der Waals surface area contributed by atoms with Crippen molar-refractivity contribution in [3.05, 3.63) is 54.4 Å². The number of H-pyrrole nitrogens is 1. The van der Waals surface area contributed by atoms with Crippen molar-refractivity contribution >= 4 is 5.91 Å². The number of piperidine rings is 1. The smallest absolute Gasteiger partial charge is 0.253 e. The van der Waals surface area contributed by atoms with Crippen LogP contribution in [0.25, 0.3) is 5.69 Å². The molecule has 4 rings (SSSR count). The summed E-state index contributed by atoms with van der Waals surface area (Å²) in [5.74, 6) is 1.29. The molecule has 1 aliphatic heterocycles. The zero-order valence-corrected chi connectivity index (χ0v) is 13.0. The van der Waals surface area contributed by atoms with E-state index in [9.17, 15) is 4.79 Å². The van der Waals surface area contributed by atoms with Gasteiger partial charge in [0, 0.05) is 37.0 Å². The normalized spacial score (nSPS) is 17.8. The van der Waals surface area contributed by atoms with Crippen LogP contribution < -0.4 is 0 Å². The Balaban J connectivity index is 1.49. The number of rotatable bonds is 3. The van der Waals surface area contributed by atoms with Gasteiger partial charge in [-0.05, 0) is 47.5 Å². The Kier molecular flexibility index (Phi) is 3.78. The summed E-state index contributed by atoms with van der Waals surface area (Å²) in [6.07, 6.45) is 7.15. The highest BCUT2D eigenvalue weighted by atomic mass is 16.2. The minimum atomic E-state index is 0.0505. The molecule has 122 valence electrons. The molecule has 0 radical (unpaired) electrons. The highest BCUT2D eigenvalue weighted by molar-refractivity contribution is 5.94. The van der Waals surface area contributed by atoms with Crippen molar-refractivity contribution in [1.29, 1.82) is 0 Å². The quantitative estimate of drug-likeness (QED) is 0.786. The van der Waals surface area contributed by atoms with E-state index >= 15 is 0 Å². The molecule has 8 nitrogen and oxygen atoms in total. The molecule has 2 aromatic heterocycles. The average molecular weight is 323 g/mol. The molecule has 1 amide bonds. The summed E-state index contributed by atoms with van der Waals surface area (Å²) in [4.78, 5) is 22.2. The lowest BCUT2D eigenvalue weighted by molar-refractivity contribution is 0.0705. The fourth-order valence-electron chi connectivity index (χ4n) is 3.10. The van der Waals surface area contributed by atoms with Crippen LogP contribution in [-0.2, 0) is 0 Å². The van der Waals surface area contributed by atoms with E-state index in [-0.39, 0.29) is 11.8 Å². The van der Waals surface area contributed by atoms with Crippen molar-refractivity contribution in [3.63, 3.8) is 0 Å². The minimum absolute atomic E-state index is 0.0505. The lowest BCUT2D eigenvalue weighted by atomic mass is 9.96. The molecule has 0 aliphatic carbocycles. The topological polar surface area (TPSA) is 92.6 Å². The molecule has 1 atom stereocenters. The first-order chi connectivity index (χ1) is 11.8. The van der Waals surface area contributed by atoms with Gasteiger partial charge < -0.3 is 9.88 Å². The molecule has 0 spiro atoms. The van der Waals surface area contributed by atoms with E-state index in [0.717, 1.165) is 30.9 Å². The number of aromatic nitrogens is 6. The molecule has 1 saturated heterocycles. The summed E-state index contributed by atoms with van der Waals surface area (Å²) < 4.78 is 1.56. The SMILES string of the molecule is O=C(c1ccc(-n2cnnn2)cc1)N1CCCC(c2ncc[nH]2)C1. The van der Waals surface area contributed by atoms with Gasteiger partial charge in [-0.1, -0.05) is 0 Å². The summed E-state index contributed by atoms with van der Waals surface area (Å²) in [6.45, 7) is 1.48. The van der Waals surface area contributed by atoms with Crippen LogP contribution in [-0.4, -0.2) is 54.1 Å². The number of hydrogen-bond donors (Lipinski definition) is 1. The fourth-order valence-corrected chi connectivity index (χ4v) is 3.10. The maximum Gasteiger partial charge on any atom is 0.253 e. The highest BCUT2D eigenvalue weighted by Gasteiger charge is 2.26. The first-order valence-electron chi connectivity index (χ1n) is 7.93. The maximum atomic E-state index is 12.8. The van der Waals surface area contributed by atoms with Gasteiger partial charge in [-0.15, -0.1) is 5.10 Å². The lowest BCUT2D eigenvalue weighted by Gasteiger charge is -2.32. The third-order valence-electron chi connectivity index (χ3n) is 4.34. The van der Waals surface area contributed by atoms with E-state index < -0.39 is 0 Å². The average Bonchev–Trinajstić information content (AvgIpc) is 3.35.